The molecule has 1 fully saturated rings. The number of carbonyl (C=O) groups is 1. The Kier molecular flexibility index (Phi) is 9.00. The van der Waals surface area contributed by atoms with E-state index in [1.54, 1.807) is 0 Å². The van der Waals surface area contributed by atoms with Gasteiger partial charge >= 0.3 is 5.97 Å². The number of fused-ring (bicyclic) bond motifs is 2. The zero-order valence-electron chi connectivity index (χ0n) is 25.7. The second-order valence-corrected chi connectivity index (χ2v) is 12.9. The molecule has 222 valence electrons. The topological polar surface area (TPSA) is 81.5 Å². The number of rotatable bonds is 11. The lowest BCUT2D eigenvalue weighted by Crippen LogP contribution is -2.55. The van der Waals surface area contributed by atoms with E-state index >= 15 is 0 Å². The van der Waals surface area contributed by atoms with Crippen molar-refractivity contribution in [3.8, 4) is 0 Å². The third-order valence-corrected chi connectivity index (χ3v) is 7.98. The number of unbranched alkanes of at least 4 members (excludes halogenated alkanes) is 2. The zero-order valence-corrected chi connectivity index (χ0v) is 25.7. The Morgan fingerprint density at radius 3 is 2.68 bits per heavy atom. The summed E-state index contributed by atoms with van der Waals surface area (Å²) in [4.78, 5) is 20.6. The molecule has 8 heteroatoms. The predicted molar refractivity (Wildman–Crippen MR) is 163 cm³/mol. The van der Waals surface area contributed by atoms with Gasteiger partial charge in [-0.1, -0.05) is 24.6 Å². The summed E-state index contributed by atoms with van der Waals surface area (Å²) in [6.45, 7) is 15.2. The summed E-state index contributed by atoms with van der Waals surface area (Å²) in [5, 5.41) is 9.28. The molecule has 2 aromatic heterocycles. The highest BCUT2D eigenvalue weighted by Gasteiger charge is 2.41. The van der Waals surface area contributed by atoms with Gasteiger partial charge in [0.25, 0.3) is 0 Å². The average molecular weight is 562 g/mol. The van der Waals surface area contributed by atoms with Gasteiger partial charge in [-0.2, -0.15) is 5.10 Å². The number of aromatic nitrogens is 3. The van der Waals surface area contributed by atoms with Crippen molar-refractivity contribution in [3.05, 3.63) is 52.8 Å². The molecule has 5 rings (SSSR count). The molecule has 4 heterocycles. The van der Waals surface area contributed by atoms with Crippen LogP contribution in [0, 0.1) is 6.92 Å². The Hall–Kier alpha value is -2.97. The van der Waals surface area contributed by atoms with Crippen LogP contribution in [0.15, 0.2) is 30.3 Å². The molecule has 0 amide bonds. The van der Waals surface area contributed by atoms with Crippen molar-refractivity contribution in [2.75, 3.05) is 31.6 Å². The van der Waals surface area contributed by atoms with Crippen LogP contribution in [0.1, 0.15) is 94.9 Å². The van der Waals surface area contributed by atoms with E-state index in [-0.39, 0.29) is 18.1 Å². The highest BCUT2D eigenvalue weighted by Crippen LogP contribution is 2.36. The third-order valence-electron chi connectivity index (χ3n) is 7.98. The van der Waals surface area contributed by atoms with Crippen molar-refractivity contribution in [1.82, 2.24) is 19.7 Å². The lowest BCUT2D eigenvalue weighted by atomic mass is 9.96. The molecule has 1 unspecified atom stereocenters. The lowest BCUT2D eigenvalue weighted by molar-refractivity contribution is -0.168. The fourth-order valence-corrected chi connectivity index (χ4v) is 5.99. The monoisotopic (exact) mass is 561 g/mol. The van der Waals surface area contributed by atoms with Gasteiger partial charge in [-0.25, -0.2) is 9.78 Å². The standard InChI is InChI=1S/C33H47N5O3/c1-22(2)38-28-15-10-14-27(29(28)23(3)36-38)30(32(39)41-33(4,5)6)37-20-26(21-37)40-19-9-7-8-13-25-17-16-24-12-11-18-34-31(24)35-25/h10,14-17,22,26,30H,7-9,11-13,18-21H2,1-6H3,(H,34,35). The second-order valence-electron chi connectivity index (χ2n) is 12.9. The lowest BCUT2D eigenvalue weighted by Gasteiger charge is -2.43. The second kappa shape index (κ2) is 12.5. The highest BCUT2D eigenvalue weighted by atomic mass is 16.6. The molecular formula is C33H47N5O3. The van der Waals surface area contributed by atoms with Gasteiger partial charge in [0.15, 0.2) is 0 Å². The summed E-state index contributed by atoms with van der Waals surface area (Å²) in [5.41, 5.74) is 4.91. The smallest absolute Gasteiger partial charge is 0.328 e. The highest BCUT2D eigenvalue weighted by molar-refractivity contribution is 5.91. The summed E-state index contributed by atoms with van der Waals surface area (Å²) < 4.78 is 14.2. The van der Waals surface area contributed by atoms with Gasteiger partial charge in [0, 0.05) is 43.4 Å². The molecular weight excluding hydrogens is 514 g/mol. The SMILES string of the molecule is Cc1nn(C(C)C)c2cccc(C(C(=O)OC(C)(C)C)N3CC(OCCCCCc4ccc5c(n4)NCCC5)C3)c12. The van der Waals surface area contributed by atoms with E-state index < -0.39 is 11.6 Å². The van der Waals surface area contributed by atoms with Crippen LogP contribution in [-0.4, -0.2) is 63.6 Å². The van der Waals surface area contributed by atoms with Crippen LogP contribution < -0.4 is 5.32 Å². The number of nitrogens with zero attached hydrogens (tertiary/aromatic N) is 4. The van der Waals surface area contributed by atoms with Crippen molar-refractivity contribution in [3.63, 3.8) is 0 Å². The Bertz CT molecular complexity index is 1350. The van der Waals surface area contributed by atoms with Gasteiger partial charge < -0.3 is 14.8 Å². The maximum atomic E-state index is 13.6. The van der Waals surface area contributed by atoms with Gasteiger partial charge in [0.2, 0.25) is 0 Å². The molecule has 1 N–H and O–H groups in total. The van der Waals surface area contributed by atoms with Crippen LogP contribution in [-0.2, 0) is 27.1 Å². The van der Waals surface area contributed by atoms with E-state index in [4.69, 9.17) is 19.6 Å². The Labute approximate surface area is 244 Å². The van der Waals surface area contributed by atoms with Crippen LogP contribution in [0.2, 0.25) is 0 Å². The number of pyridine rings is 1. The summed E-state index contributed by atoms with van der Waals surface area (Å²) in [5.74, 6) is 0.864. The first-order valence-corrected chi connectivity index (χ1v) is 15.4. The van der Waals surface area contributed by atoms with Gasteiger partial charge in [0.1, 0.15) is 17.5 Å². The first kappa shape index (κ1) is 29.5. The molecule has 0 bridgehead atoms. The van der Waals surface area contributed by atoms with E-state index in [1.807, 2.05) is 38.4 Å². The van der Waals surface area contributed by atoms with Gasteiger partial charge in [0.05, 0.1) is 17.3 Å². The molecule has 1 saturated heterocycles. The van der Waals surface area contributed by atoms with Gasteiger partial charge in [-0.05, 0) is 96.9 Å². The summed E-state index contributed by atoms with van der Waals surface area (Å²) in [6.07, 6.45) is 6.71. The molecule has 3 aromatic rings. The molecule has 0 aliphatic carbocycles. The van der Waals surface area contributed by atoms with Crippen LogP contribution in [0.5, 0.6) is 0 Å². The number of ether oxygens (including phenoxy) is 2. The third kappa shape index (κ3) is 6.92. The maximum Gasteiger partial charge on any atom is 0.328 e. The van der Waals surface area contributed by atoms with E-state index in [9.17, 15) is 4.79 Å². The fraction of sp³-hybridized carbons (Fsp3) is 0.606. The number of hydrogen-bond acceptors (Lipinski definition) is 7. The number of benzene rings is 1. The van der Waals surface area contributed by atoms with E-state index in [0.717, 1.165) is 73.2 Å². The number of esters is 1. The number of nitrogens with one attached hydrogen (secondary N) is 1. The van der Waals surface area contributed by atoms with Crippen molar-refractivity contribution in [1.29, 1.82) is 0 Å². The first-order valence-electron chi connectivity index (χ1n) is 15.4. The fourth-order valence-electron chi connectivity index (χ4n) is 5.99. The Balaban J connectivity index is 1.15. The van der Waals surface area contributed by atoms with Crippen LogP contribution in [0.3, 0.4) is 0 Å². The predicted octanol–water partition coefficient (Wildman–Crippen LogP) is 6.18. The van der Waals surface area contributed by atoms with E-state index in [0.29, 0.717) is 13.1 Å². The largest absolute Gasteiger partial charge is 0.459 e. The minimum atomic E-state index is -0.563. The molecule has 1 atom stereocenters. The number of hydrogen-bond donors (Lipinski definition) is 1. The molecule has 0 spiro atoms. The Morgan fingerprint density at radius 2 is 1.93 bits per heavy atom. The van der Waals surface area contributed by atoms with E-state index in [1.165, 1.54) is 17.7 Å². The van der Waals surface area contributed by atoms with Crippen LogP contribution in [0.4, 0.5) is 5.82 Å². The Morgan fingerprint density at radius 1 is 1.12 bits per heavy atom. The molecule has 8 nitrogen and oxygen atoms in total. The zero-order chi connectivity index (χ0) is 29.1. The van der Waals surface area contributed by atoms with Gasteiger partial charge in [-0.3, -0.25) is 9.58 Å². The molecule has 2 aliphatic rings. The quantitative estimate of drug-likeness (QED) is 0.221. The number of anilines is 1. The first-order chi connectivity index (χ1) is 19.6. The summed E-state index contributed by atoms with van der Waals surface area (Å²) in [7, 11) is 0. The van der Waals surface area contributed by atoms with Crippen molar-refractivity contribution < 1.29 is 14.3 Å². The minimum absolute atomic E-state index is 0.131. The number of carbonyl (C=O) groups excluding carboxylic acids is 1. The molecule has 41 heavy (non-hydrogen) atoms. The maximum absolute atomic E-state index is 13.6. The van der Waals surface area contributed by atoms with Crippen LogP contribution in [0.25, 0.3) is 10.9 Å². The minimum Gasteiger partial charge on any atom is -0.459 e. The molecule has 2 aliphatic heterocycles. The molecule has 1 aromatic carbocycles. The normalized spacial score (nSPS) is 16.9. The van der Waals surface area contributed by atoms with Crippen molar-refractivity contribution in [2.45, 2.75) is 104 Å². The average Bonchev–Trinajstić information content (AvgIpc) is 3.25. The van der Waals surface area contributed by atoms with Gasteiger partial charge in [-0.15, -0.1) is 0 Å². The number of aryl methyl sites for hydroxylation is 3. The molecule has 0 radical (unpaired) electrons. The van der Waals surface area contributed by atoms with Crippen molar-refractivity contribution >= 4 is 22.7 Å². The summed E-state index contributed by atoms with van der Waals surface area (Å²) >= 11 is 0. The van der Waals surface area contributed by atoms with Crippen LogP contribution >= 0.6 is 0 Å². The van der Waals surface area contributed by atoms with Crippen molar-refractivity contribution in [2.24, 2.45) is 0 Å². The summed E-state index contributed by atoms with van der Waals surface area (Å²) in [6, 6.07) is 10.3. The molecule has 0 saturated carbocycles. The van der Waals surface area contributed by atoms with E-state index in [2.05, 4.69) is 48.3 Å². The number of likely N-dealkylation sites (tertiary alicyclic amines) is 1.